The van der Waals surface area contributed by atoms with E-state index in [1.165, 1.54) is 37.8 Å². The molecule has 1 nitrogen and oxygen atoms in total. The average Bonchev–Trinajstić information content (AvgIpc) is 2.31. The summed E-state index contributed by atoms with van der Waals surface area (Å²) in [4.78, 5) is 0. The minimum Gasteiger partial charge on any atom is -0.455 e. The monoisotopic (exact) mass is 302 g/mol. The smallest absolute Gasteiger partial charge is 0.173 e. The molecule has 0 N–H and O–H groups in total. The lowest BCUT2D eigenvalue weighted by atomic mass is 10.1. The van der Waals surface area contributed by atoms with E-state index in [0.717, 1.165) is 11.8 Å². The Morgan fingerprint density at radius 2 is 0.895 bits per heavy atom. The van der Waals surface area contributed by atoms with E-state index in [9.17, 15) is 0 Å². The van der Waals surface area contributed by atoms with Crippen LogP contribution in [0.25, 0.3) is 0 Å². The zero-order valence-corrected chi connectivity index (χ0v) is 16.8. The van der Waals surface area contributed by atoms with Crippen molar-refractivity contribution in [3.8, 4) is 0 Å². The van der Waals surface area contributed by atoms with E-state index in [4.69, 9.17) is 4.12 Å². The van der Waals surface area contributed by atoms with E-state index >= 15 is 0 Å². The fourth-order valence-electron chi connectivity index (χ4n) is 3.38. The maximum absolute atomic E-state index is 6.77. The highest BCUT2D eigenvalue weighted by Gasteiger charge is 2.35. The Morgan fingerprint density at radius 3 is 1.11 bits per heavy atom. The van der Waals surface area contributed by atoms with E-state index in [1.807, 2.05) is 0 Å². The van der Waals surface area contributed by atoms with Crippen LogP contribution in [0.3, 0.4) is 0 Å². The second-order valence-corrected chi connectivity index (χ2v) is 16.1. The first-order valence-corrected chi connectivity index (χ1v) is 14.6. The van der Waals surface area contributed by atoms with Crippen molar-refractivity contribution < 1.29 is 4.12 Å². The van der Waals surface area contributed by atoms with Gasteiger partial charge in [0.15, 0.2) is 16.6 Å². The molecule has 0 aliphatic rings. The van der Waals surface area contributed by atoms with Gasteiger partial charge in [-0.05, 0) is 50.1 Å². The van der Waals surface area contributed by atoms with Crippen LogP contribution in [0.5, 0.6) is 0 Å². The molecule has 0 aromatic carbocycles. The molecule has 0 spiro atoms. The van der Waals surface area contributed by atoms with Crippen molar-refractivity contribution in [3.05, 3.63) is 0 Å². The lowest BCUT2D eigenvalue weighted by Gasteiger charge is -2.37. The van der Waals surface area contributed by atoms with E-state index in [0.29, 0.717) is 0 Å². The van der Waals surface area contributed by atoms with Gasteiger partial charge in [0.1, 0.15) is 0 Å². The summed E-state index contributed by atoms with van der Waals surface area (Å²) in [5, 5.41) is 0. The molecule has 0 saturated carbocycles. The van der Waals surface area contributed by atoms with Crippen molar-refractivity contribution in [2.45, 2.75) is 91.7 Å². The van der Waals surface area contributed by atoms with Crippen molar-refractivity contribution in [2.24, 2.45) is 11.8 Å². The van der Waals surface area contributed by atoms with Crippen molar-refractivity contribution in [3.63, 3.8) is 0 Å². The summed E-state index contributed by atoms with van der Waals surface area (Å²) < 4.78 is 6.77. The van der Waals surface area contributed by atoms with Gasteiger partial charge in [0, 0.05) is 0 Å². The van der Waals surface area contributed by atoms with Crippen LogP contribution >= 0.6 is 0 Å². The third kappa shape index (κ3) is 8.31. The van der Waals surface area contributed by atoms with Crippen LogP contribution in [0, 0.1) is 11.8 Å². The first-order chi connectivity index (χ1) is 8.69. The Balaban J connectivity index is 4.52. The summed E-state index contributed by atoms with van der Waals surface area (Å²) in [6.07, 6.45) is 5.24. The molecule has 0 radical (unpaired) electrons. The lowest BCUT2D eigenvalue weighted by molar-refractivity contribution is 0.455. The van der Waals surface area contributed by atoms with E-state index in [2.05, 4.69) is 53.9 Å². The Hall–Kier alpha value is 0.394. The Kier molecular flexibility index (Phi) is 8.81. The maximum atomic E-state index is 6.77. The highest BCUT2D eigenvalue weighted by Crippen LogP contribution is 2.30. The summed E-state index contributed by atoms with van der Waals surface area (Å²) >= 11 is 0. The standard InChI is InChI=1S/C16H38OSi2/c1-9-15(10-2)13-18(5,6)17-19(7,8)14-16(11-3)12-4/h15-16H,9-14H2,1-8H3. The molecule has 0 aromatic rings. The SMILES string of the molecule is CCC(CC)C[Si](C)(C)O[Si](C)(C)CC(CC)CC. The van der Waals surface area contributed by atoms with Crippen molar-refractivity contribution in [2.75, 3.05) is 0 Å². The largest absolute Gasteiger partial charge is 0.455 e. The number of rotatable bonds is 10. The summed E-state index contributed by atoms with van der Waals surface area (Å²) in [6, 6.07) is 2.69. The molecule has 3 heteroatoms. The van der Waals surface area contributed by atoms with Crippen LogP contribution in [0.4, 0.5) is 0 Å². The molecule has 0 fully saturated rings. The topological polar surface area (TPSA) is 9.23 Å². The highest BCUT2D eigenvalue weighted by molar-refractivity contribution is 6.84. The molecule has 0 heterocycles. The van der Waals surface area contributed by atoms with Crippen LogP contribution in [0.15, 0.2) is 0 Å². The normalized spacial score (nSPS) is 13.6. The van der Waals surface area contributed by atoms with Crippen LogP contribution in [-0.4, -0.2) is 16.6 Å². The minimum atomic E-state index is -1.47. The van der Waals surface area contributed by atoms with Crippen LogP contribution in [0.2, 0.25) is 38.3 Å². The fourth-order valence-corrected chi connectivity index (χ4v) is 14.0. The molecule has 0 amide bonds. The summed E-state index contributed by atoms with van der Waals surface area (Å²) in [5.74, 6) is 1.75. The Bertz CT molecular complexity index is 207. The molecule has 0 saturated heterocycles. The van der Waals surface area contributed by atoms with Gasteiger partial charge >= 0.3 is 0 Å². The van der Waals surface area contributed by atoms with Gasteiger partial charge in [-0.3, -0.25) is 0 Å². The summed E-state index contributed by atoms with van der Waals surface area (Å²) in [5.41, 5.74) is 0. The van der Waals surface area contributed by atoms with Crippen molar-refractivity contribution in [1.29, 1.82) is 0 Å². The molecule has 0 aliphatic heterocycles. The second kappa shape index (κ2) is 8.63. The van der Waals surface area contributed by atoms with Gasteiger partial charge in [0.25, 0.3) is 0 Å². The molecule has 116 valence electrons. The molecule has 0 bridgehead atoms. The Labute approximate surface area is 124 Å². The van der Waals surface area contributed by atoms with Crippen LogP contribution in [-0.2, 0) is 4.12 Å². The molecule has 0 atom stereocenters. The highest BCUT2D eigenvalue weighted by atomic mass is 28.4. The van der Waals surface area contributed by atoms with Gasteiger partial charge in [-0.25, -0.2) is 0 Å². The minimum absolute atomic E-state index is 0.875. The van der Waals surface area contributed by atoms with Gasteiger partial charge in [0.05, 0.1) is 0 Å². The van der Waals surface area contributed by atoms with E-state index in [1.54, 1.807) is 0 Å². The molecule has 19 heavy (non-hydrogen) atoms. The fraction of sp³-hybridized carbons (Fsp3) is 1.00. The molecular formula is C16H38OSi2. The van der Waals surface area contributed by atoms with Gasteiger partial charge < -0.3 is 4.12 Å². The molecular weight excluding hydrogens is 264 g/mol. The van der Waals surface area contributed by atoms with Gasteiger partial charge in [0.2, 0.25) is 0 Å². The Morgan fingerprint density at radius 1 is 0.632 bits per heavy atom. The summed E-state index contributed by atoms with van der Waals surface area (Å²) in [6.45, 7) is 19.0. The van der Waals surface area contributed by atoms with Crippen molar-refractivity contribution in [1.82, 2.24) is 0 Å². The molecule has 0 unspecified atom stereocenters. The molecule has 0 aliphatic carbocycles. The predicted octanol–water partition coefficient (Wildman–Crippen LogP) is 6.29. The molecule has 0 rings (SSSR count). The first kappa shape index (κ1) is 19.4. The lowest BCUT2D eigenvalue weighted by Crippen LogP contribution is -2.46. The van der Waals surface area contributed by atoms with Gasteiger partial charge in [-0.15, -0.1) is 0 Å². The van der Waals surface area contributed by atoms with Gasteiger partial charge in [-0.1, -0.05) is 53.4 Å². The van der Waals surface area contributed by atoms with Crippen LogP contribution in [0.1, 0.15) is 53.4 Å². The average molecular weight is 303 g/mol. The zero-order chi connectivity index (χ0) is 15.1. The summed E-state index contributed by atoms with van der Waals surface area (Å²) in [7, 11) is -2.95. The zero-order valence-electron chi connectivity index (χ0n) is 14.8. The van der Waals surface area contributed by atoms with E-state index in [-0.39, 0.29) is 0 Å². The third-order valence-corrected chi connectivity index (χ3v) is 12.0. The third-order valence-electron chi connectivity index (χ3n) is 4.42. The predicted molar refractivity (Wildman–Crippen MR) is 93.8 cm³/mol. The maximum Gasteiger partial charge on any atom is 0.173 e. The molecule has 0 aromatic heterocycles. The quantitative estimate of drug-likeness (QED) is 0.431. The van der Waals surface area contributed by atoms with Crippen molar-refractivity contribution >= 4 is 16.6 Å². The van der Waals surface area contributed by atoms with Gasteiger partial charge in [-0.2, -0.15) is 0 Å². The first-order valence-electron chi connectivity index (χ1n) is 8.39. The number of hydrogen-bond donors (Lipinski definition) is 0. The second-order valence-electron chi connectivity index (χ2n) is 7.39. The number of hydrogen-bond acceptors (Lipinski definition) is 1. The van der Waals surface area contributed by atoms with Crippen LogP contribution < -0.4 is 0 Å². The van der Waals surface area contributed by atoms with E-state index < -0.39 is 16.6 Å².